The number of nitrogens with one attached hydrogen (secondary N) is 1. The quantitative estimate of drug-likeness (QED) is 0.915. The van der Waals surface area contributed by atoms with Gasteiger partial charge in [0.1, 0.15) is 6.61 Å². The molecule has 0 spiro atoms. The van der Waals surface area contributed by atoms with E-state index in [4.69, 9.17) is 4.74 Å². The lowest BCUT2D eigenvalue weighted by Crippen LogP contribution is -2.25. The summed E-state index contributed by atoms with van der Waals surface area (Å²) in [6.07, 6.45) is 0. The number of hydrogen-bond acceptors (Lipinski definition) is 5. The van der Waals surface area contributed by atoms with E-state index in [9.17, 15) is 4.39 Å². The first-order valence-corrected chi connectivity index (χ1v) is 6.51. The van der Waals surface area contributed by atoms with E-state index in [0.717, 1.165) is 17.5 Å². The standard InChI is InChI=1S/C11H11FN4OS/c12-8-3-1-2-4-9(8)17-7-10-14-15-11-16(10)13-5-6-18-11/h1-4,13H,5-7H2. The van der Waals surface area contributed by atoms with Gasteiger partial charge in [-0.05, 0) is 12.1 Å². The Morgan fingerprint density at radius 3 is 3.17 bits per heavy atom. The maximum atomic E-state index is 13.4. The molecule has 1 aromatic carbocycles. The van der Waals surface area contributed by atoms with Gasteiger partial charge in [0, 0.05) is 12.3 Å². The largest absolute Gasteiger partial charge is 0.482 e. The molecule has 5 nitrogen and oxygen atoms in total. The predicted molar refractivity (Wildman–Crippen MR) is 65.7 cm³/mol. The van der Waals surface area contributed by atoms with E-state index >= 15 is 0 Å². The highest BCUT2D eigenvalue weighted by molar-refractivity contribution is 7.99. The second-order valence-electron chi connectivity index (χ2n) is 3.71. The number of ether oxygens (including phenoxy) is 1. The highest BCUT2D eigenvalue weighted by atomic mass is 32.2. The Labute approximate surface area is 107 Å². The zero-order valence-electron chi connectivity index (χ0n) is 9.47. The number of rotatable bonds is 3. The summed E-state index contributed by atoms with van der Waals surface area (Å²) in [5.41, 5.74) is 3.16. The summed E-state index contributed by atoms with van der Waals surface area (Å²) in [4.78, 5) is 0. The van der Waals surface area contributed by atoms with Gasteiger partial charge in [-0.15, -0.1) is 10.2 Å². The van der Waals surface area contributed by atoms with Crippen LogP contribution in [-0.4, -0.2) is 27.2 Å². The van der Waals surface area contributed by atoms with E-state index in [-0.39, 0.29) is 18.2 Å². The minimum absolute atomic E-state index is 0.182. The number of nitrogens with zero attached hydrogens (tertiary/aromatic N) is 3. The second-order valence-corrected chi connectivity index (χ2v) is 4.77. The minimum Gasteiger partial charge on any atom is -0.482 e. The van der Waals surface area contributed by atoms with Gasteiger partial charge in [-0.1, -0.05) is 23.9 Å². The topological polar surface area (TPSA) is 52.0 Å². The summed E-state index contributed by atoms with van der Waals surface area (Å²) in [6.45, 7) is 1.03. The van der Waals surface area contributed by atoms with Crippen molar-refractivity contribution in [3.63, 3.8) is 0 Å². The lowest BCUT2D eigenvalue weighted by Gasteiger charge is -2.16. The zero-order valence-corrected chi connectivity index (χ0v) is 10.3. The van der Waals surface area contributed by atoms with Crippen molar-refractivity contribution >= 4 is 11.8 Å². The number of hydrogen-bond donors (Lipinski definition) is 1. The van der Waals surface area contributed by atoms with E-state index in [0.29, 0.717) is 5.82 Å². The van der Waals surface area contributed by atoms with Crippen LogP contribution in [0.5, 0.6) is 5.75 Å². The molecule has 0 amide bonds. The van der Waals surface area contributed by atoms with Gasteiger partial charge >= 0.3 is 0 Å². The molecule has 1 aromatic heterocycles. The van der Waals surface area contributed by atoms with E-state index in [1.54, 1.807) is 34.6 Å². The fraction of sp³-hybridized carbons (Fsp3) is 0.273. The molecule has 0 aliphatic carbocycles. The molecule has 0 unspecified atom stereocenters. The first-order valence-electron chi connectivity index (χ1n) is 5.53. The molecule has 0 bridgehead atoms. The summed E-state index contributed by atoms with van der Waals surface area (Å²) >= 11 is 1.63. The van der Waals surface area contributed by atoms with E-state index in [1.807, 2.05) is 0 Å². The van der Waals surface area contributed by atoms with Crippen molar-refractivity contribution in [3.05, 3.63) is 35.9 Å². The lowest BCUT2D eigenvalue weighted by atomic mass is 10.3. The van der Waals surface area contributed by atoms with Crippen LogP contribution < -0.4 is 10.2 Å². The van der Waals surface area contributed by atoms with Crippen molar-refractivity contribution in [2.45, 2.75) is 11.8 Å². The van der Waals surface area contributed by atoms with Gasteiger partial charge in [0.15, 0.2) is 17.4 Å². The van der Waals surface area contributed by atoms with Crippen molar-refractivity contribution in [2.75, 3.05) is 17.7 Å². The minimum atomic E-state index is -0.377. The fourth-order valence-corrected chi connectivity index (χ4v) is 2.42. The van der Waals surface area contributed by atoms with Crippen molar-refractivity contribution in [1.82, 2.24) is 14.9 Å². The van der Waals surface area contributed by atoms with Gasteiger partial charge in [0.25, 0.3) is 0 Å². The molecule has 2 heterocycles. The number of halogens is 1. The maximum absolute atomic E-state index is 13.4. The molecule has 2 aromatic rings. The SMILES string of the molecule is Fc1ccccc1OCc1nnc2n1NCCS2. The van der Waals surface area contributed by atoms with Crippen molar-refractivity contribution in [1.29, 1.82) is 0 Å². The monoisotopic (exact) mass is 266 g/mol. The second kappa shape index (κ2) is 4.85. The number of benzene rings is 1. The van der Waals surface area contributed by atoms with Gasteiger partial charge in [-0.2, -0.15) is 0 Å². The van der Waals surface area contributed by atoms with E-state index < -0.39 is 0 Å². The number of thioether (sulfide) groups is 1. The van der Waals surface area contributed by atoms with E-state index in [2.05, 4.69) is 15.6 Å². The molecular weight excluding hydrogens is 255 g/mol. The van der Waals surface area contributed by atoms with E-state index in [1.165, 1.54) is 6.07 Å². The Morgan fingerprint density at radius 2 is 2.28 bits per heavy atom. The summed E-state index contributed by atoms with van der Waals surface area (Å²) in [5.74, 6) is 1.45. The number of fused-ring (bicyclic) bond motifs is 1. The molecule has 0 saturated heterocycles. The Kier molecular flexibility index (Phi) is 3.06. The number of para-hydroxylation sites is 1. The molecule has 0 atom stereocenters. The molecule has 0 fully saturated rings. The molecule has 7 heteroatoms. The van der Waals surface area contributed by atoms with Crippen LogP contribution in [0, 0.1) is 5.82 Å². The van der Waals surface area contributed by atoms with Crippen molar-refractivity contribution < 1.29 is 9.13 Å². The van der Waals surface area contributed by atoms with Gasteiger partial charge in [-0.25, -0.2) is 9.07 Å². The third kappa shape index (κ3) is 2.13. The molecule has 0 radical (unpaired) electrons. The molecule has 0 saturated carbocycles. The van der Waals surface area contributed by atoms with Crippen molar-refractivity contribution in [3.8, 4) is 5.75 Å². The Hall–Kier alpha value is -1.76. The lowest BCUT2D eigenvalue weighted by molar-refractivity contribution is 0.276. The Bertz CT molecular complexity index is 560. The van der Waals surface area contributed by atoms with Gasteiger partial charge in [0.05, 0.1) is 0 Å². The molecule has 1 aliphatic heterocycles. The molecule has 3 rings (SSSR count). The van der Waals surface area contributed by atoms with Gasteiger partial charge in [-0.3, -0.25) is 0 Å². The molecule has 94 valence electrons. The summed E-state index contributed by atoms with van der Waals surface area (Å²) in [7, 11) is 0. The van der Waals surface area contributed by atoms with Crippen LogP contribution >= 0.6 is 11.8 Å². The highest BCUT2D eigenvalue weighted by Crippen LogP contribution is 2.20. The third-order valence-corrected chi connectivity index (χ3v) is 3.43. The van der Waals surface area contributed by atoms with Crippen LogP contribution in [0.1, 0.15) is 5.82 Å². The summed E-state index contributed by atoms with van der Waals surface area (Å²) < 4.78 is 20.6. The van der Waals surface area contributed by atoms with Crippen LogP contribution in [0.3, 0.4) is 0 Å². The Morgan fingerprint density at radius 1 is 1.39 bits per heavy atom. The predicted octanol–water partition coefficient (Wildman–Crippen LogP) is 1.65. The highest BCUT2D eigenvalue weighted by Gasteiger charge is 2.16. The third-order valence-electron chi connectivity index (χ3n) is 2.50. The first kappa shape index (κ1) is 11.3. The average Bonchev–Trinajstić information content (AvgIpc) is 2.81. The number of aromatic nitrogens is 3. The summed E-state index contributed by atoms with van der Waals surface area (Å²) in [6, 6.07) is 6.30. The normalized spacial score (nSPS) is 13.8. The molecule has 1 aliphatic rings. The van der Waals surface area contributed by atoms with Gasteiger partial charge in [0.2, 0.25) is 5.16 Å². The van der Waals surface area contributed by atoms with Crippen LogP contribution in [0.25, 0.3) is 0 Å². The smallest absolute Gasteiger partial charge is 0.210 e. The molecule has 1 N–H and O–H groups in total. The van der Waals surface area contributed by atoms with Gasteiger partial charge < -0.3 is 10.2 Å². The molecule has 18 heavy (non-hydrogen) atoms. The van der Waals surface area contributed by atoms with Crippen LogP contribution in [-0.2, 0) is 6.61 Å². The summed E-state index contributed by atoms with van der Waals surface area (Å²) in [5, 5.41) is 8.87. The zero-order chi connectivity index (χ0) is 12.4. The van der Waals surface area contributed by atoms with Crippen LogP contribution in [0.2, 0.25) is 0 Å². The first-order chi connectivity index (χ1) is 8.84. The van der Waals surface area contributed by atoms with Crippen molar-refractivity contribution in [2.24, 2.45) is 0 Å². The maximum Gasteiger partial charge on any atom is 0.210 e. The van der Waals surface area contributed by atoms with Crippen LogP contribution in [0.4, 0.5) is 4.39 Å². The Balaban J connectivity index is 1.74. The fourth-order valence-electron chi connectivity index (χ4n) is 1.65. The molecular formula is C11H11FN4OS. The average molecular weight is 266 g/mol. The van der Waals surface area contributed by atoms with Crippen LogP contribution in [0.15, 0.2) is 29.4 Å².